The summed E-state index contributed by atoms with van der Waals surface area (Å²) < 4.78 is 8.95. The fraction of sp³-hybridized carbons (Fsp3) is 0.667. The molecular weight excluding hydrogens is 296 g/mol. The maximum atomic E-state index is 12.1. The zero-order valence-corrected chi connectivity index (χ0v) is 13.8. The zero-order chi connectivity index (χ0) is 16.2. The average molecular weight is 320 g/mol. The van der Waals surface area contributed by atoms with Crippen LogP contribution in [0.5, 0.6) is 0 Å². The molecule has 1 fully saturated rings. The van der Waals surface area contributed by atoms with Crippen molar-refractivity contribution in [1.29, 1.82) is 0 Å². The van der Waals surface area contributed by atoms with Crippen LogP contribution < -0.4 is 5.32 Å². The lowest BCUT2D eigenvalue weighted by Crippen LogP contribution is -2.41. The molecule has 0 bridgehead atoms. The van der Waals surface area contributed by atoms with Crippen LogP contribution >= 0.6 is 0 Å². The van der Waals surface area contributed by atoms with Gasteiger partial charge in [0.2, 0.25) is 5.91 Å². The Bertz CT molecular complexity index is 671. The Kier molecular flexibility index (Phi) is 4.92. The van der Waals surface area contributed by atoms with Crippen molar-refractivity contribution < 1.29 is 9.53 Å². The van der Waals surface area contributed by atoms with E-state index in [1.54, 1.807) is 10.9 Å². The maximum absolute atomic E-state index is 12.1. The second-order valence-electron chi connectivity index (χ2n) is 5.74. The number of nitrogens with zero attached hydrogens (tertiary/aromatic N) is 5. The van der Waals surface area contributed by atoms with E-state index in [1.165, 1.54) is 0 Å². The largest absolute Gasteiger partial charge is 0.379 e. The summed E-state index contributed by atoms with van der Waals surface area (Å²) in [4.78, 5) is 14.4. The lowest BCUT2D eigenvalue weighted by molar-refractivity contribution is -0.121. The van der Waals surface area contributed by atoms with Crippen molar-refractivity contribution in [1.82, 2.24) is 29.8 Å². The van der Waals surface area contributed by atoms with E-state index in [2.05, 4.69) is 20.4 Å². The van der Waals surface area contributed by atoms with E-state index in [0.29, 0.717) is 6.54 Å². The Labute approximate surface area is 135 Å². The first kappa shape index (κ1) is 15.9. The molecule has 126 valence electrons. The van der Waals surface area contributed by atoms with Crippen molar-refractivity contribution in [2.24, 2.45) is 0 Å². The highest BCUT2D eigenvalue weighted by Gasteiger charge is 2.15. The first-order valence-electron chi connectivity index (χ1n) is 8.14. The van der Waals surface area contributed by atoms with Gasteiger partial charge in [0.25, 0.3) is 0 Å². The molecule has 0 aliphatic carbocycles. The van der Waals surface area contributed by atoms with E-state index < -0.39 is 0 Å². The summed E-state index contributed by atoms with van der Waals surface area (Å²) in [5.41, 5.74) is 2.82. The number of aryl methyl sites for hydroxylation is 2. The van der Waals surface area contributed by atoms with E-state index in [1.807, 2.05) is 18.5 Å². The predicted molar refractivity (Wildman–Crippen MR) is 86.2 cm³/mol. The van der Waals surface area contributed by atoms with Gasteiger partial charge in [0.15, 0.2) is 0 Å². The molecule has 0 radical (unpaired) electrons. The first-order chi connectivity index (χ1) is 11.2. The number of amides is 1. The molecule has 1 aliphatic heterocycles. The highest BCUT2D eigenvalue weighted by Crippen LogP contribution is 2.17. The van der Waals surface area contributed by atoms with E-state index in [0.717, 1.165) is 56.1 Å². The molecule has 0 unspecified atom stereocenters. The minimum Gasteiger partial charge on any atom is -0.379 e. The van der Waals surface area contributed by atoms with Crippen molar-refractivity contribution in [3.05, 3.63) is 11.9 Å². The SMILES string of the molecule is CCn1nc(C)c2c1cnn2CC(=O)NCCN1CCOCC1. The Balaban J connectivity index is 1.54. The maximum Gasteiger partial charge on any atom is 0.241 e. The molecule has 0 spiro atoms. The number of carbonyl (C=O) groups is 1. The molecule has 2 aromatic heterocycles. The Morgan fingerprint density at radius 1 is 1.35 bits per heavy atom. The third-order valence-corrected chi connectivity index (χ3v) is 4.16. The van der Waals surface area contributed by atoms with Crippen molar-refractivity contribution in [2.75, 3.05) is 39.4 Å². The normalized spacial score (nSPS) is 16.1. The second-order valence-corrected chi connectivity index (χ2v) is 5.74. The number of morpholine rings is 1. The third kappa shape index (κ3) is 3.53. The molecule has 8 nitrogen and oxygen atoms in total. The van der Waals surface area contributed by atoms with Crippen LogP contribution in [0.25, 0.3) is 11.0 Å². The Morgan fingerprint density at radius 2 is 2.13 bits per heavy atom. The molecule has 1 saturated heterocycles. The number of nitrogens with one attached hydrogen (secondary N) is 1. The molecule has 2 aromatic rings. The van der Waals surface area contributed by atoms with Crippen molar-refractivity contribution >= 4 is 16.9 Å². The van der Waals surface area contributed by atoms with Crippen LogP contribution in [0.2, 0.25) is 0 Å². The van der Waals surface area contributed by atoms with E-state index in [4.69, 9.17) is 4.74 Å². The highest BCUT2D eigenvalue weighted by atomic mass is 16.5. The summed E-state index contributed by atoms with van der Waals surface area (Å²) in [5.74, 6) is -0.0214. The molecule has 3 heterocycles. The quantitative estimate of drug-likeness (QED) is 0.811. The van der Waals surface area contributed by atoms with Gasteiger partial charge in [-0.1, -0.05) is 0 Å². The molecule has 0 aromatic carbocycles. The highest BCUT2D eigenvalue weighted by molar-refractivity contribution is 5.81. The average Bonchev–Trinajstić information content (AvgIpc) is 3.10. The third-order valence-electron chi connectivity index (χ3n) is 4.16. The monoisotopic (exact) mass is 320 g/mol. The molecule has 8 heteroatoms. The van der Waals surface area contributed by atoms with Gasteiger partial charge in [0.1, 0.15) is 17.6 Å². The van der Waals surface area contributed by atoms with Crippen LogP contribution in [0.3, 0.4) is 0 Å². The summed E-state index contributed by atoms with van der Waals surface area (Å²) in [5, 5.41) is 11.8. The van der Waals surface area contributed by atoms with Gasteiger partial charge in [-0.15, -0.1) is 0 Å². The summed E-state index contributed by atoms with van der Waals surface area (Å²) in [6.45, 7) is 9.94. The minimum atomic E-state index is -0.0214. The second kappa shape index (κ2) is 7.10. The molecule has 1 N–H and O–H groups in total. The van der Waals surface area contributed by atoms with Crippen molar-refractivity contribution in [3.63, 3.8) is 0 Å². The van der Waals surface area contributed by atoms with E-state index in [9.17, 15) is 4.79 Å². The van der Waals surface area contributed by atoms with Crippen LogP contribution in [0.4, 0.5) is 0 Å². The van der Waals surface area contributed by atoms with Gasteiger partial charge in [-0.2, -0.15) is 10.2 Å². The number of hydrogen-bond donors (Lipinski definition) is 1. The standard InChI is InChI=1S/C15H24N6O2/c1-3-20-13-10-17-21(15(13)12(2)18-20)11-14(22)16-4-5-19-6-8-23-9-7-19/h10H,3-9,11H2,1-2H3,(H,16,22). The van der Waals surface area contributed by atoms with Crippen LogP contribution in [-0.4, -0.2) is 69.8 Å². The van der Waals surface area contributed by atoms with Crippen LogP contribution in [0.15, 0.2) is 6.20 Å². The zero-order valence-electron chi connectivity index (χ0n) is 13.8. The molecule has 3 rings (SSSR count). The van der Waals surface area contributed by atoms with Crippen LogP contribution in [0, 0.1) is 6.92 Å². The predicted octanol–water partition coefficient (Wildman–Crippen LogP) is 0.00952. The number of aromatic nitrogens is 4. The van der Waals surface area contributed by atoms with Gasteiger partial charge >= 0.3 is 0 Å². The fourth-order valence-corrected chi connectivity index (χ4v) is 2.95. The summed E-state index contributed by atoms with van der Waals surface area (Å²) >= 11 is 0. The summed E-state index contributed by atoms with van der Waals surface area (Å²) in [6.07, 6.45) is 1.78. The summed E-state index contributed by atoms with van der Waals surface area (Å²) in [7, 11) is 0. The van der Waals surface area contributed by atoms with Gasteiger partial charge in [0.05, 0.1) is 25.1 Å². The number of hydrogen-bond acceptors (Lipinski definition) is 5. The molecule has 0 atom stereocenters. The number of rotatable bonds is 6. The molecule has 23 heavy (non-hydrogen) atoms. The van der Waals surface area contributed by atoms with Gasteiger partial charge in [0, 0.05) is 32.7 Å². The van der Waals surface area contributed by atoms with Crippen molar-refractivity contribution in [2.45, 2.75) is 26.9 Å². The van der Waals surface area contributed by atoms with Gasteiger partial charge in [-0.3, -0.25) is 19.1 Å². The Morgan fingerprint density at radius 3 is 2.87 bits per heavy atom. The van der Waals surface area contributed by atoms with Crippen LogP contribution in [-0.2, 0) is 22.6 Å². The smallest absolute Gasteiger partial charge is 0.241 e. The van der Waals surface area contributed by atoms with Gasteiger partial charge < -0.3 is 10.1 Å². The van der Waals surface area contributed by atoms with Crippen molar-refractivity contribution in [3.8, 4) is 0 Å². The van der Waals surface area contributed by atoms with Gasteiger partial charge in [-0.25, -0.2) is 0 Å². The molecular formula is C15H24N6O2. The minimum absolute atomic E-state index is 0.0214. The molecule has 1 amide bonds. The van der Waals surface area contributed by atoms with Crippen LogP contribution in [0.1, 0.15) is 12.6 Å². The number of fused-ring (bicyclic) bond motifs is 1. The number of carbonyl (C=O) groups excluding carboxylic acids is 1. The topological polar surface area (TPSA) is 77.2 Å². The van der Waals surface area contributed by atoms with Gasteiger partial charge in [-0.05, 0) is 13.8 Å². The lowest BCUT2D eigenvalue weighted by Gasteiger charge is -2.26. The van der Waals surface area contributed by atoms with E-state index >= 15 is 0 Å². The Hall–Kier alpha value is -1.93. The fourth-order valence-electron chi connectivity index (χ4n) is 2.95. The first-order valence-corrected chi connectivity index (χ1v) is 8.14. The summed E-state index contributed by atoms with van der Waals surface area (Å²) in [6, 6.07) is 0. The van der Waals surface area contributed by atoms with E-state index in [-0.39, 0.29) is 12.5 Å². The molecule has 0 saturated carbocycles. The number of ether oxygens (including phenoxy) is 1. The lowest BCUT2D eigenvalue weighted by atomic mass is 10.4. The molecule has 1 aliphatic rings.